The summed E-state index contributed by atoms with van der Waals surface area (Å²) < 4.78 is 0.802. The van der Waals surface area contributed by atoms with E-state index in [1.54, 1.807) is 0 Å². The van der Waals surface area contributed by atoms with Crippen LogP contribution in [0.25, 0.3) is 32.1 Å². The Bertz CT molecular complexity index is 1150. The Hall–Kier alpha value is -2.39. The first-order valence-electron chi connectivity index (χ1n) is 10.3. The molecule has 0 aliphatic heterocycles. The monoisotopic (exact) mass is 389 g/mol. The highest BCUT2D eigenvalue weighted by Gasteiger charge is 2.19. The molecule has 1 unspecified atom stereocenters. The fourth-order valence-corrected chi connectivity index (χ4v) is 5.45. The van der Waals surface area contributed by atoms with E-state index < -0.39 is 0 Å². The minimum atomic E-state index is 0.000888. The Morgan fingerprint density at radius 2 is 1.68 bits per heavy atom. The van der Waals surface area contributed by atoms with Gasteiger partial charge in [0.05, 0.1) is 0 Å². The van der Waals surface area contributed by atoms with Crippen molar-refractivity contribution < 1.29 is 0 Å². The summed E-state index contributed by atoms with van der Waals surface area (Å²) >= 11 is 1.51. The largest absolute Gasteiger partial charge is 0.321 e. The minimum Gasteiger partial charge on any atom is -0.321 e. The van der Waals surface area contributed by atoms with Crippen LogP contribution < -0.4 is 5.56 Å². The molecule has 0 fully saturated rings. The lowest BCUT2D eigenvalue weighted by atomic mass is 9.80. The average molecular weight is 390 g/mol. The van der Waals surface area contributed by atoms with E-state index in [1.165, 1.54) is 47.3 Å². The van der Waals surface area contributed by atoms with Crippen molar-refractivity contribution in [3.05, 3.63) is 69.8 Å². The van der Waals surface area contributed by atoms with Crippen LogP contribution in [-0.4, -0.2) is 4.98 Å². The highest BCUT2D eigenvalue weighted by Crippen LogP contribution is 2.36. The molecule has 28 heavy (non-hydrogen) atoms. The maximum atomic E-state index is 12.3. The number of hydrogen-bond donors (Lipinski definition) is 1. The highest BCUT2D eigenvalue weighted by atomic mass is 32.1. The number of nitrogens with one attached hydrogen (secondary N) is 1. The lowest BCUT2D eigenvalue weighted by molar-refractivity contribution is 0.388. The zero-order valence-electron chi connectivity index (χ0n) is 16.8. The molecule has 4 aromatic rings. The molecule has 0 spiro atoms. The fraction of sp³-hybridized carbons (Fsp3) is 0.320. The number of fused-ring (bicyclic) bond motifs is 3. The summed E-state index contributed by atoms with van der Waals surface area (Å²) in [5.41, 5.74) is 4.73. The molecule has 3 heteroatoms. The van der Waals surface area contributed by atoms with Crippen LogP contribution in [0.15, 0.2) is 58.7 Å². The van der Waals surface area contributed by atoms with Crippen molar-refractivity contribution in [3.8, 4) is 11.1 Å². The Labute approximate surface area is 170 Å². The van der Waals surface area contributed by atoms with Gasteiger partial charge in [-0.1, -0.05) is 70.0 Å². The number of hydrogen-bond acceptors (Lipinski definition) is 2. The first-order valence-corrected chi connectivity index (χ1v) is 11.2. The number of aromatic amines is 1. The van der Waals surface area contributed by atoms with Crippen LogP contribution in [0.4, 0.5) is 0 Å². The first kappa shape index (κ1) is 18.9. The molecule has 2 aromatic heterocycles. The van der Waals surface area contributed by atoms with E-state index in [4.69, 9.17) is 0 Å². The molecule has 0 bridgehead atoms. The van der Waals surface area contributed by atoms with Crippen molar-refractivity contribution in [2.75, 3.05) is 0 Å². The third-order valence-electron chi connectivity index (χ3n) is 6.16. The molecule has 1 N–H and O–H groups in total. The van der Waals surface area contributed by atoms with E-state index in [0.29, 0.717) is 5.92 Å². The SMILES string of the molecule is CCC(CC)C(CC)c1ccc(-c2cccc3[nH]c(=O)c4sccc4c23)cc1. The number of aromatic nitrogens is 1. The average Bonchev–Trinajstić information content (AvgIpc) is 3.22. The summed E-state index contributed by atoms with van der Waals surface area (Å²) in [5, 5.41) is 4.19. The second kappa shape index (κ2) is 7.92. The molecule has 4 rings (SSSR count). The van der Waals surface area contributed by atoms with Gasteiger partial charge in [-0.05, 0) is 52.5 Å². The number of benzene rings is 2. The molecule has 0 radical (unpaired) electrons. The van der Waals surface area contributed by atoms with E-state index in [1.807, 2.05) is 17.5 Å². The van der Waals surface area contributed by atoms with Crippen molar-refractivity contribution in [1.82, 2.24) is 4.98 Å². The standard InChI is InChI=1S/C25H27NOS/c1-4-16(5-2)19(6-3)17-10-12-18(13-11-17)20-8-7-9-22-23(20)21-14-15-28-24(21)25(27)26-22/h7-16,19H,4-6H2,1-3H3,(H,26,27). The topological polar surface area (TPSA) is 32.9 Å². The lowest BCUT2D eigenvalue weighted by Crippen LogP contribution is -2.10. The van der Waals surface area contributed by atoms with Crippen molar-refractivity contribution in [1.29, 1.82) is 0 Å². The normalized spacial score (nSPS) is 12.9. The van der Waals surface area contributed by atoms with Crippen molar-refractivity contribution in [2.24, 2.45) is 5.92 Å². The zero-order chi connectivity index (χ0) is 19.7. The molecular formula is C25H27NOS. The molecule has 2 aromatic carbocycles. The van der Waals surface area contributed by atoms with Gasteiger partial charge in [0.1, 0.15) is 4.70 Å². The van der Waals surface area contributed by atoms with Gasteiger partial charge >= 0.3 is 0 Å². The minimum absolute atomic E-state index is 0.000888. The Morgan fingerprint density at radius 1 is 0.929 bits per heavy atom. The van der Waals surface area contributed by atoms with E-state index in [-0.39, 0.29) is 5.56 Å². The predicted molar refractivity (Wildman–Crippen MR) is 122 cm³/mol. The number of rotatable bonds is 6. The maximum Gasteiger partial charge on any atom is 0.266 e. The third kappa shape index (κ3) is 3.18. The molecule has 0 saturated carbocycles. The molecule has 2 nitrogen and oxygen atoms in total. The quantitative estimate of drug-likeness (QED) is 0.367. The second-order valence-corrected chi connectivity index (χ2v) is 8.48. The number of H-pyrrole nitrogens is 1. The molecule has 1 atom stereocenters. The number of thiophene rings is 1. The molecular weight excluding hydrogens is 362 g/mol. The Morgan fingerprint density at radius 3 is 2.36 bits per heavy atom. The van der Waals surface area contributed by atoms with Crippen LogP contribution in [0.5, 0.6) is 0 Å². The van der Waals surface area contributed by atoms with Crippen molar-refractivity contribution in [2.45, 2.75) is 46.0 Å². The summed E-state index contributed by atoms with van der Waals surface area (Å²) in [4.78, 5) is 15.4. The molecule has 0 aliphatic rings. The molecule has 144 valence electrons. The first-order chi connectivity index (χ1) is 13.7. The van der Waals surface area contributed by atoms with Gasteiger partial charge < -0.3 is 4.98 Å². The van der Waals surface area contributed by atoms with Crippen LogP contribution in [0.1, 0.15) is 51.5 Å². The van der Waals surface area contributed by atoms with Gasteiger partial charge in [-0.15, -0.1) is 11.3 Å². The summed E-state index contributed by atoms with van der Waals surface area (Å²) in [6.45, 7) is 6.90. The van der Waals surface area contributed by atoms with Crippen LogP contribution in [-0.2, 0) is 0 Å². The summed E-state index contributed by atoms with van der Waals surface area (Å²) in [5.74, 6) is 1.36. The van der Waals surface area contributed by atoms with Crippen LogP contribution in [0.2, 0.25) is 0 Å². The Kier molecular flexibility index (Phi) is 5.36. The van der Waals surface area contributed by atoms with Gasteiger partial charge in [-0.2, -0.15) is 0 Å². The molecule has 0 aliphatic carbocycles. The van der Waals surface area contributed by atoms with E-state index in [0.717, 1.165) is 26.9 Å². The van der Waals surface area contributed by atoms with Gasteiger partial charge in [0, 0.05) is 16.3 Å². The van der Waals surface area contributed by atoms with Crippen LogP contribution >= 0.6 is 11.3 Å². The van der Waals surface area contributed by atoms with Gasteiger partial charge in [0.2, 0.25) is 0 Å². The summed E-state index contributed by atoms with van der Waals surface area (Å²) in [6.07, 6.45) is 3.63. The predicted octanol–water partition coefficient (Wildman–Crippen LogP) is 7.34. The van der Waals surface area contributed by atoms with Gasteiger partial charge in [-0.25, -0.2) is 0 Å². The molecule has 0 amide bonds. The van der Waals surface area contributed by atoms with Crippen molar-refractivity contribution in [3.63, 3.8) is 0 Å². The van der Waals surface area contributed by atoms with Gasteiger partial charge in [0.15, 0.2) is 0 Å². The maximum absolute atomic E-state index is 12.3. The van der Waals surface area contributed by atoms with Crippen LogP contribution in [0, 0.1) is 5.92 Å². The zero-order valence-corrected chi connectivity index (χ0v) is 17.6. The Balaban J connectivity index is 1.83. The molecule has 2 heterocycles. The summed E-state index contributed by atoms with van der Waals surface area (Å²) in [6, 6.07) is 17.3. The molecule has 0 saturated heterocycles. The van der Waals surface area contributed by atoms with E-state index >= 15 is 0 Å². The fourth-order valence-electron chi connectivity index (χ4n) is 4.66. The lowest BCUT2D eigenvalue weighted by Gasteiger charge is -2.24. The highest BCUT2D eigenvalue weighted by molar-refractivity contribution is 7.17. The smallest absolute Gasteiger partial charge is 0.266 e. The van der Waals surface area contributed by atoms with E-state index in [2.05, 4.69) is 62.2 Å². The third-order valence-corrected chi connectivity index (χ3v) is 7.07. The number of pyridine rings is 1. The summed E-state index contributed by atoms with van der Waals surface area (Å²) in [7, 11) is 0. The van der Waals surface area contributed by atoms with Crippen LogP contribution in [0.3, 0.4) is 0 Å². The van der Waals surface area contributed by atoms with Crippen molar-refractivity contribution >= 4 is 32.3 Å². The van der Waals surface area contributed by atoms with Gasteiger partial charge in [0.25, 0.3) is 5.56 Å². The van der Waals surface area contributed by atoms with Gasteiger partial charge in [-0.3, -0.25) is 4.79 Å². The second-order valence-electron chi connectivity index (χ2n) is 7.56. The van der Waals surface area contributed by atoms with E-state index in [9.17, 15) is 4.79 Å².